The second-order valence-electron chi connectivity index (χ2n) is 5.34. The minimum atomic E-state index is -0.242. The molecule has 1 aliphatic heterocycles. The Morgan fingerprint density at radius 1 is 1.45 bits per heavy atom. The maximum atomic E-state index is 11.5. The summed E-state index contributed by atoms with van der Waals surface area (Å²) < 4.78 is 10.3. The van der Waals surface area contributed by atoms with Crippen LogP contribution >= 0.6 is 0 Å². The SMILES string of the molecule is COc1ccc(CNC2CC2)cc1CN1CCOC1=O. The third-order valence-corrected chi connectivity index (χ3v) is 3.72. The molecule has 20 heavy (non-hydrogen) atoms. The molecule has 5 heteroatoms. The van der Waals surface area contributed by atoms with Crippen LogP contribution in [0.2, 0.25) is 0 Å². The predicted molar refractivity (Wildman–Crippen MR) is 74.6 cm³/mol. The Hall–Kier alpha value is -1.75. The Morgan fingerprint density at radius 2 is 2.30 bits per heavy atom. The van der Waals surface area contributed by atoms with Gasteiger partial charge in [-0.3, -0.25) is 0 Å². The van der Waals surface area contributed by atoms with E-state index < -0.39 is 0 Å². The molecule has 0 aromatic heterocycles. The van der Waals surface area contributed by atoms with Gasteiger partial charge in [-0.2, -0.15) is 0 Å². The van der Waals surface area contributed by atoms with Crippen molar-refractivity contribution in [1.82, 2.24) is 10.2 Å². The fraction of sp³-hybridized carbons (Fsp3) is 0.533. The van der Waals surface area contributed by atoms with Crippen molar-refractivity contribution in [3.63, 3.8) is 0 Å². The highest BCUT2D eigenvalue weighted by Gasteiger charge is 2.23. The number of ether oxygens (including phenoxy) is 2. The van der Waals surface area contributed by atoms with Crippen molar-refractivity contribution in [2.75, 3.05) is 20.3 Å². The van der Waals surface area contributed by atoms with Crippen LogP contribution in [0.25, 0.3) is 0 Å². The van der Waals surface area contributed by atoms with E-state index in [1.54, 1.807) is 12.0 Å². The van der Waals surface area contributed by atoms with Gasteiger partial charge in [0.25, 0.3) is 0 Å². The van der Waals surface area contributed by atoms with Crippen molar-refractivity contribution in [1.29, 1.82) is 0 Å². The molecular weight excluding hydrogens is 256 g/mol. The molecule has 0 atom stereocenters. The van der Waals surface area contributed by atoms with Gasteiger partial charge in [-0.15, -0.1) is 0 Å². The standard InChI is InChI=1S/C15H20N2O3/c1-19-14-5-2-11(9-16-13-3-4-13)8-12(14)10-17-6-7-20-15(17)18/h2,5,8,13,16H,3-4,6-7,9-10H2,1H3. The number of carbonyl (C=O) groups is 1. The lowest BCUT2D eigenvalue weighted by molar-refractivity contribution is 0.157. The van der Waals surface area contributed by atoms with Crippen molar-refractivity contribution in [3.8, 4) is 5.75 Å². The summed E-state index contributed by atoms with van der Waals surface area (Å²) in [4.78, 5) is 13.2. The van der Waals surface area contributed by atoms with E-state index in [0.717, 1.165) is 17.9 Å². The monoisotopic (exact) mass is 276 g/mol. The molecule has 3 rings (SSSR count). The van der Waals surface area contributed by atoms with Gasteiger partial charge in [0.15, 0.2) is 0 Å². The van der Waals surface area contributed by atoms with E-state index in [1.165, 1.54) is 18.4 Å². The van der Waals surface area contributed by atoms with E-state index in [-0.39, 0.29) is 6.09 Å². The molecule has 1 N–H and O–H groups in total. The molecule has 108 valence electrons. The number of cyclic esters (lactones) is 1. The second-order valence-corrected chi connectivity index (χ2v) is 5.34. The summed E-state index contributed by atoms with van der Waals surface area (Å²) in [6.45, 7) is 2.53. The van der Waals surface area contributed by atoms with E-state index in [9.17, 15) is 4.79 Å². The first kappa shape index (κ1) is 13.2. The lowest BCUT2D eigenvalue weighted by Crippen LogP contribution is -2.24. The van der Waals surface area contributed by atoms with Crippen LogP contribution in [-0.4, -0.2) is 37.3 Å². The number of hydrogen-bond acceptors (Lipinski definition) is 4. The minimum Gasteiger partial charge on any atom is -0.496 e. The van der Waals surface area contributed by atoms with Gasteiger partial charge in [0, 0.05) is 18.2 Å². The molecule has 1 saturated heterocycles. The summed E-state index contributed by atoms with van der Waals surface area (Å²) >= 11 is 0. The largest absolute Gasteiger partial charge is 0.496 e. The van der Waals surface area contributed by atoms with Crippen LogP contribution in [-0.2, 0) is 17.8 Å². The van der Waals surface area contributed by atoms with E-state index in [4.69, 9.17) is 9.47 Å². The highest BCUT2D eigenvalue weighted by atomic mass is 16.6. The first-order valence-electron chi connectivity index (χ1n) is 7.07. The summed E-state index contributed by atoms with van der Waals surface area (Å²) in [6, 6.07) is 6.84. The average molecular weight is 276 g/mol. The Morgan fingerprint density at radius 3 is 2.95 bits per heavy atom. The lowest BCUT2D eigenvalue weighted by atomic mass is 10.1. The number of carbonyl (C=O) groups excluding carboxylic acids is 1. The van der Waals surface area contributed by atoms with E-state index in [1.807, 2.05) is 6.07 Å². The van der Waals surface area contributed by atoms with Gasteiger partial charge in [0.1, 0.15) is 12.4 Å². The Kier molecular flexibility index (Phi) is 3.78. The van der Waals surface area contributed by atoms with Crippen LogP contribution in [0.1, 0.15) is 24.0 Å². The lowest BCUT2D eigenvalue weighted by Gasteiger charge is -2.16. The maximum absolute atomic E-state index is 11.5. The van der Waals surface area contributed by atoms with Gasteiger partial charge < -0.3 is 19.7 Å². The van der Waals surface area contributed by atoms with Gasteiger partial charge >= 0.3 is 6.09 Å². The van der Waals surface area contributed by atoms with Crippen LogP contribution in [0, 0.1) is 0 Å². The predicted octanol–water partition coefficient (Wildman–Crippen LogP) is 1.90. The molecular formula is C15H20N2O3. The van der Waals surface area contributed by atoms with Crippen molar-refractivity contribution < 1.29 is 14.3 Å². The molecule has 0 radical (unpaired) electrons. The molecule has 0 spiro atoms. The number of hydrogen-bond donors (Lipinski definition) is 1. The normalized spacial score (nSPS) is 18.2. The third kappa shape index (κ3) is 3.04. The highest BCUT2D eigenvalue weighted by Crippen LogP contribution is 2.24. The van der Waals surface area contributed by atoms with Gasteiger partial charge in [0.2, 0.25) is 0 Å². The van der Waals surface area contributed by atoms with Gasteiger partial charge in [-0.1, -0.05) is 6.07 Å². The molecule has 1 aliphatic carbocycles. The maximum Gasteiger partial charge on any atom is 0.410 e. The summed E-state index contributed by atoms with van der Waals surface area (Å²) in [5, 5.41) is 3.49. The number of rotatable bonds is 6. The number of nitrogens with zero attached hydrogens (tertiary/aromatic N) is 1. The molecule has 0 unspecified atom stereocenters. The first-order chi connectivity index (χ1) is 9.76. The average Bonchev–Trinajstić information content (AvgIpc) is 3.21. The van der Waals surface area contributed by atoms with Crippen LogP contribution < -0.4 is 10.1 Å². The van der Waals surface area contributed by atoms with E-state index >= 15 is 0 Å². The zero-order valence-electron chi connectivity index (χ0n) is 11.7. The molecule has 1 saturated carbocycles. The summed E-state index contributed by atoms with van der Waals surface area (Å²) in [6.07, 6.45) is 2.32. The quantitative estimate of drug-likeness (QED) is 0.862. The summed E-state index contributed by atoms with van der Waals surface area (Å²) in [5.74, 6) is 0.819. The molecule has 5 nitrogen and oxygen atoms in total. The number of nitrogens with one attached hydrogen (secondary N) is 1. The molecule has 2 aliphatic rings. The van der Waals surface area contributed by atoms with Crippen molar-refractivity contribution >= 4 is 6.09 Å². The van der Waals surface area contributed by atoms with Crippen LogP contribution in [0.4, 0.5) is 4.79 Å². The fourth-order valence-electron chi connectivity index (χ4n) is 2.39. The molecule has 0 bridgehead atoms. The Labute approximate surface area is 118 Å². The van der Waals surface area contributed by atoms with Gasteiger partial charge in [0.05, 0.1) is 20.2 Å². The van der Waals surface area contributed by atoms with E-state index in [0.29, 0.717) is 25.7 Å². The summed E-state index contributed by atoms with van der Waals surface area (Å²) in [7, 11) is 1.66. The second kappa shape index (κ2) is 5.71. The molecule has 1 amide bonds. The molecule has 2 fully saturated rings. The van der Waals surface area contributed by atoms with Crippen LogP contribution in [0.3, 0.4) is 0 Å². The van der Waals surface area contributed by atoms with Crippen molar-refractivity contribution in [2.24, 2.45) is 0 Å². The number of benzene rings is 1. The first-order valence-corrected chi connectivity index (χ1v) is 7.07. The number of methoxy groups -OCH3 is 1. The fourth-order valence-corrected chi connectivity index (χ4v) is 2.39. The molecule has 1 aromatic carbocycles. The van der Waals surface area contributed by atoms with E-state index in [2.05, 4.69) is 17.4 Å². The molecule has 1 heterocycles. The zero-order chi connectivity index (χ0) is 13.9. The van der Waals surface area contributed by atoms with Crippen LogP contribution in [0.15, 0.2) is 18.2 Å². The Balaban J connectivity index is 1.71. The third-order valence-electron chi connectivity index (χ3n) is 3.72. The zero-order valence-corrected chi connectivity index (χ0v) is 11.7. The van der Waals surface area contributed by atoms with Gasteiger partial charge in [-0.05, 0) is 30.5 Å². The molecule has 1 aromatic rings. The summed E-state index contributed by atoms with van der Waals surface area (Å²) in [5.41, 5.74) is 2.25. The number of amides is 1. The highest BCUT2D eigenvalue weighted by molar-refractivity contribution is 5.69. The van der Waals surface area contributed by atoms with Crippen molar-refractivity contribution in [3.05, 3.63) is 29.3 Å². The van der Waals surface area contributed by atoms with Crippen LogP contribution in [0.5, 0.6) is 5.75 Å². The minimum absolute atomic E-state index is 0.242. The smallest absolute Gasteiger partial charge is 0.410 e. The van der Waals surface area contributed by atoms with Crippen molar-refractivity contribution in [2.45, 2.75) is 32.0 Å². The Bertz CT molecular complexity index is 500. The van der Waals surface area contributed by atoms with Gasteiger partial charge in [-0.25, -0.2) is 4.79 Å². The topological polar surface area (TPSA) is 50.8 Å².